The molecule has 2 N–H and O–H groups in total. The molecule has 0 bridgehead atoms. The predicted octanol–water partition coefficient (Wildman–Crippen LogP) is 3.03. The molecule has 0 radical (unpaired) electrons. The highest BCUT2D eigenvalue weighted by molar-refractivity contribution is 5.79. The summed E-state index contributed by atoms with van der Waals surface area (Å²) in [5, 5.41) is 6.77. The van der Waals surface area contributed by atoms with Gasteiger partial charge in [0.25, 0.3) is 0 Å². The van der Waals surface area contributed by atoms with E-state index in [1.165, 1.54) is 12.1 Å². The van der Waals surface area contributed by atoms with Gasteiger partial charge in [-0.05, 0) is 23.6 Å². The van der Waals surface area contributed by atoms with Crippen molar-refractivity contribution < 1.29 is 13.9 Å². The highest BCUT2D eigenvalue weighted by Crippen LogP contribution is 2.20. The Morgan fingerprint density at radius 2 is 2.03 bits per heavy atom. The number of nitrogens with one attached hydrogen (secondary N) is 2. The summed E-state index contributed by atoms with van der Waals surface area (Å²) >= 11 is 0. The van der Waals surface area contributed by atoms with E-state index in [0.717, 1.165) is 44.4 Å². The molecule has 2 heterocycles. The van der Waals surface area contributed by atoms with Crippen molar-refractivity contribution >= 4 is 5.96 Å². The average molecular weight is 430 g/mol. The Kier molecular flexibility index (Phi) is 8.61. The standard InChI is InChI=1S/C23H32FN5O2/c1-17(2)21(29-9-11-30-12-10-29)16-28-23(25-3)27-15-18-7-8-22(26-14-18)31-20-6-4-5-19(24)13-20/h4-8,13-14,17,21H,9-12,15-16H2,1-3H3,(H2,25,27,28). The maximum absolute atomic E-state index is 13.3. The summed E-state index contributed by atoms with van der Waals surface area (Å²) in [5.74, 6) is 1.77. The summed E-state index contributed by atoms with van der Waals surface area (Å²) in [4.78, 5) is 11.1. The highest BCUT2D eigenvalue weighted by atomic mass is 19.1. The molecule has 3 rings (SSSR count). The topological polar surface area (TPSA) is 71.0 Å². The van der Waals surface area contributed by atoms with Gasteiger partial charge in [-0.25, -0.2) is 9.37 Å². The van der Waals surface area contributed by atoms with Gasteiger partial charge in [0.15, 0.2) is 5.96 Å². The number of benzene rings is 1. The van der Waals surface area contributed by atoms with Crippen LogP contribution in [0.1, 0.15) is 19.4 Å². The molecule has 2 aromatic rings. The molecule has 1 aliphatic heterocycles. The normalized spacial score (nSPS) is 16.2. The first-order valence-corrected chi connectivity index (χ1v) is 10.7. The van der Waals surface area contributed by atoms with Crippen LogP contribution in [0.3, 0.4) is 0 Å². The van der Waals surface area contributed by atoms with Crippen molar-refractivity contribution in [3.63, 3.8) is 0 Å². The molecule has 0 amide bonds. The smallest absolute Gasteiger partial charge is 0.219 e. The number of halogens is 1. The molecule has 1 unspecified atom stereocenters. The van der Waals surface area contributed by atoms with E-state index < -0.39 is 0 Å². The van der Waals surface area contributed by atoms with Crippen molar-refractivity contribution in [3.8, 4) is 11.6 Å². The number of pyridine rings is 1. The van der Waals surface area contributed by atoms with Crippen LogP contribution in [-0.4, -0.2) is 61.8 Å². The molecular formula is C23H32FN5O2. The minimum absolute atomic E-state index is 0.342. The van der Waals surface area contributed by atoms with Crippen LogP contribution in [0.5, 0.6) is 11.6 Å². The van der Waals surface area contributed by atoms with Gasteiger partial charge in [0.1, 0.15) is 11.6 Å². The third kappa shape index (κ3) is 7.18. The summed E-state index contributed by atoms with van der Waals surface area (Å²) in [6, 6.07) is 10.1. The maximum Gasteiger partial charge on any atom is 0.219 e. The van der Waals surface area contributed by atoms with Crippen LogP contribution in [0.2, 0.25) is 0 Å². The van der Waals surface area contributed by atoms with Crippen molar-refractivity contribution in [1.82, 2.24) is 20.5 Å². The van der Waals surface area contributed by atoms with E-state index >= 15 is 0 Å². The van der Waals surface area contributed by atoms with Crippen molar-refractivity contribution in [2.45, 2.75) is 26.4 Å². The van der Waals surface area contributed by atoms with Crippen molar-refractivity contribution in [1.29, 1.82) is 0 Å². The second kappa shape index (κ2) is 11.6. The number of hydrogen-bond acceptors (Lipinski definition) is 5. The molecule has 31 heavy (non-hydrogen) atoms. The van der Waals surface area contributed by atoms with Crippen LogP contribution >= 0.6 is 0 Å². The summed E-state index contributed by atoms with van der Waals surface area (Å²) < 4.78 is 24.3. The Labute approximate surface area is 183 Å². The first-order valence-electron chi connectivity index (χ1n) is 10.7. The molecular weight excluding hydrogens is 397 g/mol. The largest absolute Gasteiger partial charge is 0.439 e. The second-order valence-electron chi connectivity index (χ2n) is 7.83. The summed E-state index contributed by atoms with van der Waals surface area (Å²) in [5.41, 5.74) is 0.989. The zero-order chi connectivity index (χ0) is 22.1. The van der Waals surface area contributed by atoms with Gasteiger partial charge in [0.2, 0.25) is 5.88 Å². The molecule has 1 saturated heterocycles. The number of ether oxygens (including phenoxy) is 2. The number of aromatic nitrogens is 1. The van der Waals surface area contributed by atoms with Gasteiger partial charge >= 0.3 is 0 Å². The minimum Gasteiger partial charge on any atom is -0.439 e. The van der Waals surface area contributed by atoms with E-state index in [-0.39, 0.29) is 5.82 Å². The van der Waals surface area contributed by atoms with E-state index in [9.17, 15) is 4.39 Å². The lowest BCUT2D eigenvalue weighted by atomic mass is 10.0. The fourth-order valence-corrected chi connectivity index (χ4v) is 3.53. The Morgan fingerprint density at radius 1 is 1.23 bits per heavy atom. The van der Waals surface area contributed by atoms with E-state index in [2.05, 4.69) is 39.4 Å². The second-order valence-corrected chi connectivity index (χ2v) is 7.83. The van der Waals surface area contributed by atoms with Crippen molar-refractivity contribution in [2.24, 2.45) is 10.9 Å². The van der Waals surface area contributed by atoms with Gasteiger partial charge in [-0.1, -0.05) is 26.0 Å². The molecule has 1 aromatic heterocycles. The molecule has 0 saturated carbocycles. The van der Waals surface area contributed by atoms with Gasteiger partial charge in [-0.2, -0.15) is 0 Å². The quantitative estimate of drug-likeness (QED) is 0.497. The molecule has 1 fully saturated rings. The van der Waals surface area contributed by atoms with Crippen LogP contribution in [0.4, 0.5) is 4.39 Å². The van der Waals surface area contributed by atoms with E-state index in [1.54, 1.807) is 31.4 Å². The van der Waals surface area contributed by atoms with Gasteiger partial charge < -0.3 is 20.1 Å². The molecule has 1 atom stereocenters. The first-order chi connectivity index (χ1) is 15.0. The molecule has 1 aromatic carbocycles. The molecule has 0 aliphatic carbocycles. The highest BCUT2D eigenvalue weighted by Gasteiger charge is 2.23. The van der Waals surface area contributed by atoms with Crippen LogP contribution in [0, 0.1) is 11.7 Å². The van der Waals surface area contributed by atoms with Crippen molar-refractivity contribution in [3.05, 3.63) is 54.0 Å². The van der Waals surface area contributed by atoms with Gasteiger partial charge in [-0.3, -0.25) is 9.89 Å². The van der Waals surface area contributed by atoms with Crippen LogP contribution in [0.15, 0.2) is 47.6 Å². The first kappa shape index (κ1) is 23.0. The monoisotopic (exact) mass is 429 g/mol. The Balaban J connectivity index is 1.48. The average Bonchev–Trinajstić information content (AvgIpc) is 2.77. The number of guanidine groups is 1. The van der Waals surface area contributed by atoms with Crippen LogP contribution < -0.4 is 15.4 Å². The lowest BCUT2D eigenvalue weighted by Crippen LogP contribution is -2.52. The third-order valence-electron chi connectivity index (χ3n) is 5.26. The fourth-order valence-electron chi connectivity index (χ4n) is 3.53. The zero-order valence-electron chi connectivity index (χ0n) is 18.5. The lowest BCUT2D eigenvalue weighted by Gasteiger charge is -2.37. The minimum atomic E-state index is -0.342. The number of nitrogens with zero attached hydrogens (tertiary/aromatic N) is 3. The Hall–Kier alpha value is -2.71. The van der Waals surface area contributed by atoms with Crippen molar-refractivity contribution in [2.75, 3.05) is 39.9 Å². The van der Waals surface area contributed by atoms with Gasteiger partial charge in [-0.15, -0.1) is 0 Å². The number of aliphatic imine (C=N–C) groups is 1. The summed E-state index contributed by atoms with van der Waals surface area (Å²) in [7, 11) is 1.77. The van der Waals surface area contributed by atoms with Crippen LogP contribution in [0.25, 0.3) is 0 Å². The zero-order valence-corrected chi connectivity index (χ0v) is 18.5. The molecule has 0 spiro atoms. The fraction of sp³-hybridized carbons (Fsp3) is 0.478. The summed E-state index contributed by atoms with van der Waals surface area (Å²) in [6.45, 7) is 9.41. The number of morpholine rings is 1. The molecule has 1 aliphatic rings. The Morgan fingerprint density at radius 3 is 2.68 bits per heavy atom. The molecule has 168 valence electrons. The Bertz CT molecular complexity index is 838. The lowest BCUT2D eigenvalue weighted by molar-refractivity contribution is 0.00752. The molecule has 8 heteroatoms. The third-order valence-corrected chi connectivity index (χ3v) is 5.26. The maximum atomic E-state index is 13.3. The van der Waals surface area contributed by atoms with E-state index in [1.807, 2.05) is 6.07 Å². The van der Waals surface area contributed by atoms with E-state index in [4.69, 9.17) is 9.47 Å². The molecule has 7 nitrogen and oxygen atoms in total. The predicted molar refractivity (Wildman–Crippen MR) is 120 cm³/mol. The van der Waals surface area contributed by atoms with Gasteiger partial charge in [0, 0.05) is 57.6 Å². The summed E-state index contributed by atoms with van der Waals surface area (Å²) in [6.07, 6.45) is 1.74. The van der Waals surface area contributed by atoms with Gasteiger partial charge in [0.05, 0.1) is 13.2 Å². The SMILES string of the molecule is CN=C(NCc1ccc(Oc2cccc(F)c2)nc1)NCC(C(C)C)N1CCOCC1. The number of rotatable bonds is 8. The number of hydrogen-bond donors (Lipinski definition) is 2. The van der Waals surface area contributed by atoms with E-state index in [0.29, 0.717) is 30.1 Å². The van der Waals surface area contributed by atoms with Crippen LogP contribution in [-0.2, 0) is 11.3 Å².